The number of hydrogen-bond donors (Lipinski definition) is 3. The molecule has 0 bridgehead atoms. The first kappa shape index (κ1) is 24.6. The van der Waals surface area contributed by atoms with Crippen LogP contribution in [-0.2, 0) is 27.3 Å². The van der Waals surface area contributed by atoms with Crippen LogP contribution < -0.4 is 16.0 Å². The molecule has 1 unspecified atom stereocenters. The Balaban J connectivity index is 1.62. The number of hydrogen-bond acceptors (Lipinski definition) is 8. The average molecular weight is 494 g/mol. The molecule has 0 saturated heterocycles. The van der Waals surface area contributed by atoms with Gasteiger partial charge in [0.25, 0.3) is 5.91 Å². The van der Waals surface area contributed by atoms with E-state index in [1.165, 1.54) is 48.7 Å². The molecular formula is C20H24ClN7O4S. The van der Waals surface area contributed by atoms with Crippen molar-refractivity contribution in [2.45, 2.75) is 19.0 Å². The molecule has 3 rings (SSSR count). The Kier molecular flexibility index (Phi) is 7.95. The number of nitrogens with zero attached hydrogens (tertiary/aromatic N) is 4. The average Bonchev–Trinajstić information content (AvgIpc) is 3.20. The topological polar surface area (TPSA) is 137 Å². The highest BCUT2D eigenvalue weighted by Crippen LogP contribution is 2.24. The van der Waals surface area contributed by atoms with Crippen LogP contribution >= 0.6 is 22.9 Å². The lowest BCUT2D eigenvalue weighted by atomic mass is 10.2. The third-order valence-electron chi connectivity index (χ3n) is 4.80. The molecule has 0 aromatic carbocycles. The Morgan fingerprint density at radius 2 is 2.00 bits per heavy atom. The number of thiazole rings is 1. The molecule has 1 aliphatic rings. The number of carbonyl (C=O) groups excluding carboxylic acids is 4. The second-order valence-corrected chi connectivity index (χ2v) is 9.18. The van der Waals surface area contributed by atoms with E-state index in [0.717, 1.165) is 23.5 Å². The summed E-state index contributed by atoms with van der Waals surface area (Å²) >= 11 is 7.02. The number of likely N-dealkylation sites (N-methyl/N-ethyl adjacent to an activating group) is 2. The molecule has 4 amide bonds. The number of pyridine rings is 1. The van der Waals surface area contributed by atoms with Gasteiger partial charge in [0.2, 0.25) is 5.91 Å². The fourth-order valence-corrected chi connectivity index (χ4v) is 4.25. The van der Waals surface area contributed by atoms with E-state index < -0.39 is 29.7 Å². The zero-order chi connectivity index (χ0) is 24.1. The molecule has 0 aliphatic carbocycles. The summed E-state index contributed by atoms with van der Waals surface area (Å²) in [7, 11) is 5.05. The molecule has 1 aliphatic heterocycles. The van der Waals surface area contributed by atoms with E-state index in [1.54, 1.807) is 0 Å². The first-order valence-electron chi connectivity index (χ1n) is 10.0. The maximum atomic E-state index is 12.8. The van der Waals surface area contributed by atoms with Gasteiger partial charge in [-0.25, -0.2) is 9.97 Å². The molecule has 3 N–H and O–H groups in total. The van der Waals surface area contributed by atoms with Crippen molar-refractivity contribution >= 4 is 52.4 Å². The van der Waals surface area contributed by atoms with Crippen molar-refractivity contribution in [3.05, 3.63) is 38.9 Å². The molecular weight excluding hydrogens is 470 g/mol. The van der Waals surface area contributed by atoms with Gasteiger partial charge in [-0.2, -0.15) is 0 Å². The first-order valence-corrected chi connectivity index (χ1v) is 11.2. The van der Waals surface area contributed by atoms with Crippen LogP contribution in [0.25, 0.3) is 0 Å². The van der Waals surface area contributed by atoms with Gasteiger partial charge >= 0.3 is 11.8 Å². The van der Waals surface area contributed by atoms with Crippen molar-refractivity contribution in [1.82, 2.24) is 30.4 Å². The highest BCUT2D eigenvalue weighted by atomic mass is 35.5. The van der Waals surface area contributed by atoms with Crippen LogP contribution in [0.3, 0.4) is 0 Å². The number of nitrogens with one attached hydrogen (secondary N) is 3. The number of rotatable bonds is 6. The summed E-state index contributed by atoms with van der Waals surface area (Å²) in [6.07, 6.45) is 2.08. The molecule has 0 fully saturated rings. The summed E-state index contributed by atoms with van der Waals surface area (Å²) in [5.41, 5.74) is 0.888. The van der Waals surface area contributed by atoms with Crippen molar-refractivity contribution in [3.63, 3.8) is 0 Å². The fraction of sp³-hybridized carbons (Fsp3) is 0.400. The van der Waals surface area contributed by atoms with E-state index in [9.17, 15) is 19.2 Å². The van der Waals surface area contributed by atoms with Crippen LogP contribution in [0.15, 0.2) is 18.3 Å². The van der Waals surface area contributed by atoms with Crippen LogP contribution in [0.4, 0.5) is 5.82 Å². The zero-order valence-corrected chi connectivity index (χ0v) is 19.9. The number of anilines is 1. The minimum atomic E-state index is -1.08. The largest absolute Gasteiger partial charge is 0.347 e. The predicted octanol–water partition coefficient (Wildman–Crippen LogP) is 0.121. The van der Waals surface area contributed by atoms with Crippen molar-refractivity contribution in [1.29, 1.82) is 0 Å². The number of amides is 4. The van der Waals surface area contributed by atoms with Gasteiger partial charge in [-0.05, 0) is 19.2 Å². The smallest absolute Gasteiger partial charge is 0.314 e. The van der Waals surface area contributed by atoms with Crippen molar-refractivity contribution in [3.8, 4) is 0 Å². The quantitative estimate of drug-likeness (QED) is 0.486. The SMILES string of the molecule is CN1CCc2nc(C(=O)NC(CNC(=O)C(=O)Nc3ccc(Cl)cn3)C(=O)N(C)C)sc2C1. The molecule has 0 saturated carbocycles. The monoisotopic (exact) mass is 493 g/mol. The van der Waals surface area contributed by atoms with E-state index in [1.807, 2.05) is 7.05 Å². The number of fused-ring (bicyclic) bond motifs is 1. The summed E-state index contributed by atoms with van der Waals surface area (Å²) in [5.74, 6) is -2.76. The van der Waals surface area contributed by atoms with Crippen molar-refractivity contribution in [2.24, 2.45) is 0 Å². The number of carbonyl (C=O) groups is 4. The van der Waals surface area contributed by atoms with Crippen LogP contribution in [0.1, 0.15) is 20.4 Å². The van der Waals surface area contributed by atoms with Crippen LogP contribution in [-0.4, -0.2) is 83.7 Å². The molecule has 11 nitrogen and oxygen atoms in total. The maximum absolute atomic E-state index is 12.8. The maximum Gasteiger partial charge on any atom is 0.314 e. The number of halogens is 1. The highest BCUT2D eigenvalue weighted by Gasteiger charge is 2.27. The van der Waals surface area contributed by atoms with Gasteiger partial charge in [0.1, 0.15) is 11.9 Å². The second-order valence-electron chi connectivity index (χ2n) is 7.66. The zero-order valence-electron chi connectivity index (χ0n) is 18.3. The minimum Gasteiger partial charge on any atom is -0.347 e. The van der Waals surface area contributed by atoms with E-state index >= 15 is 0 Å². The third kappa shape index (κ3) is 6.46. The van der Waals surface area contributed by atoms with E-state index in [0.29, 0.717) is 11.6 Å². The number of aromatic nitrogens is 2. The van der Waals surface area contributed by atoms with Gasteiger partial charge in [0.05, 0.1) is 10.7 Å². The molecule has 0 radical (unpaired) electrons. The van der Waals surface area contributed by atoms with Gasteiger partial charge in [-0.1, -0.05) is 11.6 Å². The van der Waals surface area contributed by atoms with Crippen LogP contribution in [0.2, 0.25) is 5.02 Å². The lowest BCUT2D eigenvalue weighted by molar-refractivity contribution is -0.136. The summed E-state index contributed by atoms with van der Waals surface area (Å²) in [6, 6.07) is 1.87. The fourth-order valence-electron chi connectivity index (χ4n) is 3.05. The second kappa shape index (κ2) is 10.7. The molecule has 3 heterocycles. The van der Waals surface area contributed by atoms with Gasteiger partial charge in [-0.15, -0.1) is 11.3 Å². The Morgan fingerprint density at radius 3 is 2.67 bits per heavy atom. The standard InChI is InChI=1S/C20H24ClN7O4S/c1-27(2)20(32)13(9-23-16(29)17(30)26-15-5-4-11(21)8-22-15)24-18(31)19-25-12-6-7-28(3)10-14(12)33-19/h4-5,8,13H,6-7,9-10H2,1-3H3,(H,23,29)(H,24,31)(H,22,26,30). The van der Waals surface area contributed by atoms with E-state index in [2.05, 4.69) is 30.8 Å². The van der Waals surface area contributed by atoms with E-state index in [-0.39, 0.29) is 17.4 Å². The van der Waals surface area contributed by atoms with Crippen LogP contribution in [0.5, 0.6) is 0 Å². The lowest BCUT2D eigenvalue weighted by Crippen LogP contribution is -2.53. The third-order valence-corrected chi connectivity index (χ3v) is 6.11. The van der Waals surface area contributed by atoms with Crippen molar-refractivity contribution in [2.75, 3.05) is 39.5 Å². The van der Waals surface area contributed by atoms with Gasteiger partial charge in [0, 0.05) is 51.2 Å². The Morgan fingerprint density at radius 1 is 1.24 bits per heavy atom. The summed E-state index contributed by atoms with van der Waals surface area (Å²) in [6.45, 7) is 1.30. The molecule has 33 heavy (non-hydrogen) atoms. The lowest BCUT2D eigenvalue weighted by Gasteiger charge is -2.21. The van der Waals surface area contributed by atoms with Gasteiger partial charge in [0.15, 0.2) is 5.01 Å². The summed E-state index contributed by atoms with van der Waals surface area (Å²) in [4.78, 5) is 62.4. The summed E-state index contributed by atoms with van der Waals surface area (Å²) < 4.78 is 0. The normalized spacial score (nSPS) is 14.1. The van der Waals surface area contributed by atoms with Gasteiger partial charge < -0.3 is 25.8 Å². The molecule has 2 aromatic rings. The Labute approximate surface area is 199 Å². The van der Waals surface area contributed by atoms with E-state index in [4.69, 9.17) is 11.6 Å². The predicted molar refractivity (Wildman–Crippen MR) is 123 cm³/mol. The van der Waals surface area contributed by atoms with Crippen LogP contribution in [0, 0.1) is 0 Å². The van der Waals surface area contributed by atoms with Gasteiger partial charge in [-0.3, -0.25) is 19.2 Å². The molecule has 13 heteroatoms. The Hall–Kier alpha value is -3.09. The Bertz CT molecular complexity index is 1060. The molecule has 176 valence electrons. The molecule has 2 aromatic heterocycles. The molecule has 1 atom stereocenters. The minimum absolute atomic E-state index is 0.146. The highest BCUT2D eigenvalue weighted by molar-refractivity contribution is 7.13. The first-order chi connectivity index (χ1) is 15.6. The van der Waals surface area contributed by atoms with Crippen molar-refractivity contribution < 1.29 is 19.2 Å². The molecule has 0 spiro atoms. The summed E-state index contributed by atoms with van der Waals surface area (Å²) in [5, 5.41) is 7.95.